The van der Waals surface area contributed by atoms with Gasteiger partial charge in [0.25, 0.3) is 0 Å². The van der Waals surface area contributed by atoms with Crippen molar-refractivity contribution in [1.29, 1.82) is 0 Å². The Morgan fingerprint density at radius 3 is 2.52 bits per heavy atom. The van der Waals surface area contributed by atoms with E-state index in [2.05, 4.69) is 29.3 Å². The number of guanidine groups is 1. The largest absolute Gasteiger partial charge is 0.375 e. The van der Waals surface area contributed by atoms with Crippen LogP contribution >= 0.6 is 24.0 Å². The molecule has 1 unspecified atom stereocenters. The van der Waals surface area contributed by atoms with Gasteiger partial charge < -0.3 is 15.0 Å². The minimum Gasteiger partial charge on any atom is -0.375 e. The van der Waals surface area contributed by atoms with Crippen LogP contribution in [0, 0.1) is 0 Å². The maximum absolute atomic E-state index is 5.57. The van der Waals surface area contributed by atoms with Gasteiger partial charge in [-0.2, -0.15) is 0 Å². The molecule has 0 aliphatic carbocycles. The van der Waals surface area contributed by atoms with Crippen molar-refractivity contribution in [2.45, 2.75) is 25.9 Å². The Morgan fingerprint density at radius 2 is 1.95 bits per heavy atom. The lowest BCUT2D eigenvalue weighted by Gasteiger charge is -2.22. The number of nitrogens with zero attached hydrogens (tertiary/aromatic N) is 2. The number of rotatable bonds is 5. The van der Waals surface area contributed by atoms with Crippen LogP contribution < -0.4 is 5.32 Å². The molecule has 1 aliphatic heterocycles. The lowest BCUT2D eigenvalue weighted by molar-refractivity contribution is 0.110. The second-order valence-electron chi connectivity index (χ2n) is 5.02. The van der Waals surface area contributed by atoms with Crippen molar-refractivity contribution in [3.63, 3.8) is 0 Å². The summed E-state index contributed by atoms with van der Waals surface area (Å²) in [6, 6.07) is 10.3. The number of likely N-dealkylation sites (tertiary alicyclic amines) is 1. The minimum atomic E-state index is 0. The Kier molecular flexibility index (Phi) is 8.68. The van der Waals surface area contributed by atoms with E-state index in [9.17, 15) is 0 Å². The Labute approximate surface area is 145 Å². The van der Waals surface area contributed by atoms with Gasteiger partial charge in [-0.05, 0) is 25.3 Å². The molecular weight excluding hydrogens is 377 g/mol. The third-order valence-corrected chi connectivity index (χ3v) is 3.60. The number of hydrogen-bond donors (Lipinski definition) is 1. The summed E-state index contributed by atoms with van der Waals surface area (Å²) in [5, 5.41) is 3.38. The van der Waals surface area contributed by atoms with Crippen LogP contribution in [0.4, 0.5) is 0 Å². The van der Waals surface area contributed by atoms with Crippen LogP contribution in [0.1, 0.15) is 31.4 Å². The highest BCUT2D eigenvalue weighted by Gasteiger charge is 2.16. The molecule has 4 nitrogen and oxygen atoms in total. The van der Waals surface area contributed by atoms with Crippen molar-refractivity contribution >= 4 is 29.9 Å². The number of hydrogen-bond acceptors (Lipinski definition) is 2. The number of methoxy groups -OCH3 is 1. The van der Waals surface area contributed by atoms with Crippen LogP contribution in [-0.4, -0.2) is 44.1 Å². The van der Waals surface area contributed by atoms with Crippen LogP contribution in [0.2, 0.25) is 0 Å². The summed E-state index contributed by atoms with van der Waals surface area (Å²) in [6.45, 7) is 5.87. The third-order valence-electron chi connectivity index (χ3n) is 3.60. The normalized spacial score (nSPS) is 16.5. The van der Waals surface area contributed by atoms with Gasteiger partial charge in [-0.15, -0.1) is 24.0 Å². The Hall–Kier alpha value is -0.820. The maximum Gasteiger partial charge on any atom is 0.194 e. The highest BCUT2D eigenvalue weighted by Crippen LogP contribution is 2.17. The van der Waals surface area contributed by atoms with Crippen LogP contribution in [-0.2, 0) is 4.74 Å². The van der Waals surface area contributed by atoms with Gasteiger partial charge in [0, 0.05) is 26.7 Å². The molecule has 1 aliphatic rings. The first kappa shape index (κ1) is 18.2. The molecule has 118 valence electrons. The van der Waals surface area contributed by atoms with E-state index in [1.54, 1.807) is 7.11 Å². The Bertz CT molecular complexity index is 419. The quantitative estimate of drug-likeness (QED) is 0.467. The summed E-state index contributed by atoms with van der Waals surface area (Å²) in [4.78, 5) is 7.08. The average Bonchev–Trinajstić information content (AvgIpc) is 3.02. The van der Waals surface area contributed by atoms with Crippen molar-refractivity contribution in [1.82, 2.24) is 10.2 Å². The van der Waals surface area contributed by atoms with Crippen LogP contribution in [0.25, 0.3) is 0 Å². The van der Waals surface area contributed by atoms with Gasteiger partial charge in [0.05, 0.1) is 6.54 Å². The van der Waals surface area contributed by atoms with Gasteiger partial charge in [0.2, 0.25) is 0 Å². The minimum absolute atomic E-state index is 0. The molecule has 1 atom stereocenters. The molecule has 21 heavy (non-hydrogen) atoms. The van der Waals surface area contributed by atoms with E-state index in [-0.39, 0.29) is 30.1 Å². The van der Waals surface area contributed by atoms with Crippen LogP contribution in [0.5, 0.6) is 0 Å². The molecule has 0 amide bonds. The molecule has 0 radical (unpaired) electrons. The highest BCUT2D eigenvalue weighted by molar-refractivity contribution is 14.0. The van der Waals surface area contributed by atoms with Gasteiger partial charge in [-0.25, -0.2) is 0 Å². The summed E-state index contributed by atoms with van der Waals surface area (Å²) >= 11 is 0. The fourth-order valence-electron chi connectivity index (χ4n) is 2.51. The number of nitrogens with one attached hydrogen (secondary N) is 1. The molecule has 0 saturated carbocycles. The molecule has 5 heteroatoms. The van der Waals surface area contributed by atoms with E-state index >= 15 is 0 Å². The maximum atomic E-state index is 5.57. The van der Waals surface area contributed by atoms with E-state index in [4.69, 9.17) is 9.73 Å². The first-order valence-electron chi connectivity index (χ1n) is 7.46. The lowest BCUT2D eigenvalue weighted by atomic mass is 10.1. The van der Waals surface area contributed by atoms with Crippen molar-refractivity contribution < 1.29 is 4.74 Å². The number of ether oxygens (including phenoxy) is 1. The van der Waals surface area contributed by atoms with Crippen LogP contribution in [0.15, 0.2) is 35.3 Å². The molecule has 0 spiro atoms. The fraction of sp³-hybridized carbons (Fsp3) is 0.562. The highest BCUT2D eigenvalue weighted by atomic mass is 127. The summed E-state index contributed by atoms with van der Waals surface area (Å²) in [6.07, 6.45) is 2.54. The topological polar surface area (TPSA) is 36.9 Å². The van der Waals surface area contributed by atoms with E-state index in [1.807, 2.05) is 18.2 Å². The summed E-state index contributed by atoms with van der Waals surface area (Å²) in [5.74, 6) is 1.02. The SMILES string of the molecule is CCNC(=NCC(OC)c1ccccc1)N1CCCC1.I. The molecule has 1 aromatic carbocycles. The Morgan fingerprint density at radius 1 is 1.29 bits per heavy atom. The molecule has 1 fully saturated rings. The first-order chi connectivity index (χ1) is 9.85. The smallest absolute Gasteiger partial charge is 0.194 e. The molecular formula is C16H26IN3O. The van der Waals surface area contributed by atoms with Gasteiger partial charge in [-0.3, -0.25) is 4.99 Å². The molecule has 1 aromatic rings. The zero-order chi connectivity index (χ0) is 14.2. The first-order valence-corrected chi connectivity index (χ1v) is 7.46. The monoisotopic (exact) mass is 403 g/mol. The van der Waals surface area contributed by atoms with Gasteiger partial charge in [-0.1, -0.05) is 30.3 Å². The average molecular weight is 403 g/mol. The number of aliphatic imine (C=N–C) groups is 1. The summed E-state index contributed by atoms with van der Waals surface area (Å²) in [7, 11) is 1.75. The van der Waals surface area contributed by atoms with Crippen molar-refractivity contribution in [2.75, 3.05) is 33.3 Å². The lowest BCUT2D eigenvalue weighted by Crippen LogP contribution is -2.39. The Balaban J connectivity index is 0.00000220. The summed E-state index contributed by atoms with van der Waals surface area (Å²) in [5.41, 5.74) is 1.18. The molecule has 2 rings (SSSR count). The molecule has 1 N–H and O–H groups in total. The standard InChI is InChI=1S/C16H25N3O.HI/c1-3-17-16(19-11-7-8-12-19)18-13-15(20-2)14-9-5-4-6-10-14;/h4-6,9-10,15H,3,7-8,11-13H2,1-2H3,(H,17,18);1H. The molecule has 0 bridgehead atoms. The van der Waals surface area contributed by atoms with E-state index in [0.29, 0.717) is 6.54 Å². The summed E-state index contributed by atoms with van der Waals surface area (Å²) < 4.78 is 5.57. The van der Waals surface area contributed by atoms with Gasteiger partial charge >= 0.3 is 0 Å². The molecule has 1 saturated heterocycles. The predicted molar refractivity (Wildman–Crippen MR) is 98.4 cm³/mol. The van der Waals surface area contributed by atoms with Crippen molar-refractivity contribution in [3.05, 3.63) is 35.9 Å². The van der Waals surface area contributed by atoms with Crippen molar-refractivity contribution in [3.8, 4) is 0 Å². The second kappa shape index (κ2) is 10.00. The van der Waals surface area contributed by atoms with E-state index in [0.717, 1.165) is 25.6 Å². The number of halogens is 1. The zero-order valence-corrected chi connectivity index (χ0v) is 15.2. The second-order valence-corrected chi connectivity index (χ2v) is 5.02. The predicted octanol–water partition coefficient (Wildman–Crippen LogP) is 3.05. The van der Waals surface area contributed by atoms with E-state index in [1.165, 1.54) is 18.4 Å². The van der Waals surface area contributed by atoms with Crippen molar-refractivity contribution in [2.24, 2.45) is 4.99 Å². The number of benzene rings is 1. The molecule has 1 heterocycles. The van der Waals surface area contributed by atoms with Crippen LogP contribution in [0.3, 0.4) is 0 Å². The fourth-order valence-corrected chi connectivity index (χ4v) is 2.51. The van der Waals surface area contributed by atoms with Gasteiger partial charge in [0.15, 0.2) is 5.96 Å². The zero-order valence-electron chi connectivity index (χ0n) is 12.9. The van der Waals surface area contributed by atoms with Gasteiger partial charge in [0.1, 0.15) is 6.10 Å². The third kappa shape index (κ3) is 5.47. The molecule has 0 aromatic heterocycles. The van der Waals surface area contributed by atoms with E-state index < -0.39 is 0 Å².